The summed E-state index contributed by atoms with van der Waals surface area (Å²) in [5.41, 5.74) is 0. The van der Waals surface area contributed by atoms with Gasteiger partial charge in [-0.25, -0.2) is 4.79 Å². The molecule has 0 aliphatic heterocycles. The Morgan fingerprint density at radius 3 is 1.55 bits per heavy atom. The fourth-order valence-corrected chi connectivity index (χ4v) is 0. The van der Waals surface area contributed by atoms with Crippen LogP contribution >= 0.6 is 0 Å². The van der Waals surface area contributed by atoms with Crippen molar-refractivity contribution in [3.8, 4) is 0 Å². The SMILES string of the molecule is O=C(O)C(F)F.[Li+].[O-]B(O)O. The van der Waals surface area contributed by atoms with Crippen LogP contribution in [0.15, 0.2) is 0 Å². The Labute approximate surface area is 73.0 Å². The number of carbonyl (C=O) groups is 1. The zero-order valence-corrected chi connectivity index (χ0v) is 5.57. The van der Waals surface area contributed by atoms with Gasteiger partial charge in [0.05, 0.1) is 0 Å². The van der Waals surface area contributed by atoms with E-state index in [0.29, 0.717) is 0 Å². The number of alkyl halides is 2. The van der Waals surface area contributed by atoms with E-state index in [0.717, 1.165) is 0 Å². The van der Waals surface area contributed by atoms with E-state index < -0.39 is 19.7 Å². The summed E-state index contributed by atoms with van der Waals surface area (Å²) in [6.45, 7) is 0. The normalized spacial score (nSPS) is 7.45. The molecule has 0 aromatic carbocycles. The van der Waals surface area contributed by atoms with Gasteiger partial charge >= 0.3 is 38.6 Å². The Balaban J connectivity index is -0.000000114. The van der Waals surface area contributed by atoms with E-state index in [1.807, 2.05) is 0 Å². The fraction of sp³-hybridized carbons (Fsp3) is 0.500. The molecule has 0 rings (SSSR count). The summed E-state index contributed by atoms with van der Waals surface area (Å²) in [5.74, 6) is -2.07. The van der Waals surface area contributed by atoms with Crippen molar-refractivity contribution in [1.82, 2.24) is 0 Å². The largest absolute Gasteiger partial charge is 1.00 e. The topological polar surface area (TPSA) is 101 Å². The number of carboxylic acid groups (broad SMARTS) is 1. The summed E-state index contributed by atoms with van der Waals surface area (Å²) in [6.07, 6.45) is -3.23. The molecular formula is C2H4BF2LiO5. The van der Waals surface area contributed by atoms with E-state index in [9.17, 15) is 8.78 Å². The predicted octanol–water partition coefficient (Wildman–Crippen LogP) is -5.34. The van der Waals surface area contributed by atoms with Gasteiger partial charge in [-0.1, -0.05) is 0 Å². The van der Waals surface area contributed by atoms with Crippen LogP contribution in [0.5, 0.6) is 0 Å². The van der Waals surface area contributed by atoms with Gasteiger partial charge in [0.2, 0.25) is 0 Å². The number of hydrogen-bond donors (Lipinski definition) is 3. The summed E-state index contributed by atoms with van der Waals surface area (Å²) in [4.78, 5) is 8.95. The van der Waals surface area contributed by atoms with Gasteiger partial charge in [0.15, 0.2) is 0 Å². The minimum atomic E-state index is -3.23. The smallest absolute Gasteiger partial charge is 0.832 e. The maximum Gasteiger partial charge on any atom is 1.00 e. The predicted molar refractivity (Wildman–Crippen MR) is 23.8 cm³/mol. The van der Waals surface area contributed by atoms with Crippen molar-refractivity contribution in [2.45, 2.75) is 6.43 Å². The molecule has 9 heteroatoms. The molecule has 60 valence electrons. The fourth-order valence-electron chi connectivity index (χ4n) is 0. The first-order valence-corrected chi connectivity index (χ1v) is 1.90. The Morgan fingerprint density at radius 2 is 1.55 bits per heavy atom. The first kappa shape index (κ1) is 17.1. The van der Waals surface area contributed by atoms with Crippen molar-refractivity contribution < 1.29 is 52.6 Å². The number of aliphatic carboxylic acids is 1. The molecule has 0 unspecified atom stereocenters. The molecule has 0 aromatic heterocycles. The van der Waals surface area contributed by atoms with E-state index in [1.165, 1.54) is 0 Å². The van der Waals surface area contributed by atoms with Crippen LogP contribution in [-0.2, 0) is 4.79 Å². The van der Waals surface area contributed by atoms with E-state index in [-0.39, 0.29) is 18.9 Å². The van der Waals surface area contributed by atoms with Gasteiger partial charge in [0, 0.05) is 0 Å². The van der Waals surface area contributed by atoms with Crippen LogP contribution in [0.1, 0.15) is 0 Å². The molecule has 0 aliphatic carbocycles. The van der Waals surface area contributed by atoms with E-state index >= 15 is 0 Å². The first-order valence-electron chi connectivity index (χ1n) is 1.90. The van der Waals surface area contributed by atoms with Crippen molar-refractivity contribution in [2.75, 3.05) is 0 Å². The van der Waals surface area contributed by atoms with Crippen molar-refractivity contribution >= 4 is 13.3 Å². The second-order valence-electron chi connectivity index (χ2n) is 0.965. The van der Waals surface area contributed by atoms with Crippen LogP contribution in [0.4, 0.5) is 8.78 Å². The first-order chi connectivity index (χ1) is 4.37. The summed E-state index contributed by atoms with van der Waals surface area (Å²) >= 11 is 0. The Kier molecular flexibility index (Phi) is 15.3. The monoisotopic (exact) mass is 164 g/mol. The van der Waals surface area contributed by atoms with Crippen LogP contribution in [0.2, 0.25) is 0 Å². The van der Waals surface area contributed by atoms with Crippen molar-refractivity contribution in [3.63, 3.8) is 0 Å². The van der Waals surface area contributed by atoms with E-state index in [1.54, 1.807) is 0 Å². The molecule has 0 aliphatic rings. The van der Waals surface area contributed by atoms with Crippen molar-refractivity contribution in [3.05, 3.63) is 0 Å². The van der Waals surface area contributed by atoms with Crippen LogP contribution in [-0.4, -0.2) is 34.9 Å². The Morgan fingerprint density at radius 1 is 1.45 bits per heavy atom. The van der Waals surface area contributed by atoms with Gasteiger partial charge < -0.3 is 20.2 Å². The maximum absolute atomic E-state index is 10.6. The number of rotatable bonds is 1. The molecule has 11 heavy (non-hydrogen) atoms. The second kappa shape index (κ2) is 9.87. The molecule has 0 amide bonds. The minimum absolute atomic E-state index is 0. The van der Waals surface area contributed by atoms with E-state index in [2.05, 4.69) is 0 Å². The molecule has 0 fully saturated rings. The molecule has 0 heterocycles. The molecule has 0 bridgehead atoms. The van der Waals surface area contributed by atoms with Crippen LogP contribution in [0.3, 0.4) is 0 Å². The third kappa shape index (κ3) is 40.8. The number of halogens is 2. The molecule has 0 saturated carbocycles. The minimum Gasteiger partial charge on any atom is -0.832 e. The molecular weight excluding hydrogens is 160 g/mol. The zero-order valence-electron chi connectivity index (χ0n) is 5.57. The van der Waals surface area contributed by atoms with Crippen LogP contribution in [0.25, 0.3) is 0 Å². The quantitative estimate of drug-likeness (QED) is 0.336. The molecule has 3 N–H and O–H groups in total. The second-order valence-corrected chi connectivity index (χ2v) is 0.965. The maximum atomic E-state index is 10.6. The summed E-state index contributed by atoms with van der Waals surface area (Å²) < 4.78 is 21.1. The van der Waals surface area contributed by atoms with Gasteiger partial charge in [-0.3, -0.25) is 0 Å². The third-order valence-electron chi connectivity index (χ3n) is 0.187. The van der Waals surface area contributed by atoms with Gasteiger partial charge in [-0.05, 0) is 0 Å². The number of hydrogen-bond acceptors (Lipinski definition) is 4. The molecule has 5 nitrogen and oxygen atoms in total. The Bertz CT molecular complexity index is 97.7. The Hall–Kier alpha value is -0.128. The van der Waals surface area contributed by atoms with Gasteiger partial charge in [0.1, 0.15) is 0 Å². The number of carboxylic acids is 1. The summed E-state index contributed by atoms with van der Waals surface area (Å²) in [7, 11) is -2.42. The standard InChI is InChI=1S/C2H2F2O2.BH2O3.Li/c3-1(4)2(5)6;2-1(3)4;/h1H,(H,5,6);2-3H;/q;-1;+1. The van der Waals surface area contributed by atoms with Crippen LogP contribution in [0, 0.1) is 0 Å². The average Bonchev–Trinajstić information content (AvgIpc) is 1.63. The van der Waals surface area contributed by atoms with Gasteiger partial charge in [-0.15, -0.1) is 0 Å². The third-order valence-corrected chi connectivity index (χ3v) is 0.187. The summed E-state index contributed by atoms with van der Waals surface area (Å²) in [5, 5.41) is 30.0. The van der Waals surface area contributed by atoms with Crippen molar-refractivity contribution in [1.29, 1.82) is 0 Å². The molecule has 0 atom stereocenters. The van der Waals surface area contributed by atoms with Gasteiger partial charge in [0.25, 0.3) is 0 Å². The molecule has 0 radical (unpaired) electrons. The van der Waals surface area contributed by atoms with Crippen LogP contribution < -0.4 is 23.9 Å². The molecule has 0 aromatic rings. The molecule has 0 saturated heterocycles. The molecule has 0 spiro atoms. The zero-order chi connectivity index (χ0) is 8.73. The van der Waals surface area contributed by atoms with Crippen molar-refractivity contribution in [2.24, 2.45) is 0 Å². The van der Waals surface area contributed by atoms with Gasteiger partial charge in [-0.2, -0.15) is 8.78 Å². The van der Waals surface area contributed by atoms with E-state index in [4.69, 9.17) is 25.0 Å². The summed E-state index contributed by atoms with van der Waals surface area (Å²) in [6, 6.07) is 0. The average molecular weight is 164 g/mol.